The van der Waals surface area contributed by atoms with Crippen molar-refractivity contribution in [1.29, 1.82) is 0 Å². The first-order valence-electron chi connectivity index (χ1n) is 10.2. The molecule has 1 saturated heterocycles. The molecular weight excluding hydrogens is 366 g/mol. The lowest BCUT2D eigenvalue weighted by Crippen LogP contribution is -2.48. The predicted molar refractivity (Wildman–Crippen MR) is 114 cm³/mol. The van der Waals surface area contributed by atoms with Crippen molar-refractivity contribution >= 4 is 5.96 Å². The Labute approximate surface area is 172 Å². The summed E-state index contributed by atoms with van der Waals surface area (Å²) in [5.41, 5.74) is 3.77. The van der Waals surface area contributed by atoms with Crippen LogP contribution in [0.1, 0.15) is 29.5 Å². The van der Waals surface area contributed by atoms with Gasteiger partial charge in [-0.05, 0) is 48.6 Å². The lowest BCUT2D eigenvalue weighted by Gasteiger charge is -2.38. The molecule has 4 rings (SSSR count). The number of rotatable bonds is 5. The van der Waals surface area contributed by atoms with Crippen molar-refractivity contribution in [3.8, 4) is 11.5 Å². The van der Waals surface area contributed by atoms with Gasteiger partial charge < -0.3 is 24.8 Å². The minimum atomic E-state index is -0.0283. The largest absolute Gasteiger partial charge is 0.454 e. The molecular formula is C23H29N3O3. The molecule has 6 nitrogen and oxygen atoms in total. The van der Waals surface area contributed by atoms with Crippen LogP contribution in [0.3, 0.4) is 0 Å². The molecule has 2 aliphatic heterocycles. The van der Waals surface area contributed by atoms with Crippen molar-refractivity contribution in [3.05, 3.63) is 59.2 Å². The highest BCUT2D eigenvalue weighted by Crippen LogP contribution is 2.40. The van der Waals surface area contributed by atoms with Gasteiger partial charge in [0.15, 0.2) is 17.5 Å². The van der Waals surface area contributed by atoms with E-state index in [2.05, 4.69) is 58.9 Å². The summed E-state index contributed by atoms with van der Waals surface area (Å²) in [7, 11) is 1.81. The highest BCUT2D eigenvalue weighted by molar-refractivity contribution is 5.79. The molecule has 0 aromatic heterocycles. The summed E-state index contributed by atoms with van der Waals surface area (Å²) in [6, 6.07) is 14.7. The number of aryl methyl sites for hydroxylation is 1. The molecule has 6 heteroatoms. The third-order valence-corrected chi connectivity index (χ3v) is 5.96. The van der Waals surface area contributed by atoms with Crippen molar-refractivity contribution in [2.45, 2.75) is 31.7 Å². The fourth-order valence-corrected chi connectivity index (χ4v) is 4.02. The Morgan fingerprint density at radius 3 is 2.62 bits per heavy atom. The molecule has 2 aromatic rings. The molecule has 0 spiro atoms. The molecule has 2 N–H and O–H groups in total. The number of hydrogen-bond donors (Lipinski definition) is 2. The van der Waals surface area contributed by atoms with Crippen LogP contribution in [0.25, 0.3) is 0 Å². The Kier molecular flexibility index (Phi) is 5.90. The molecule has 0 bridgehead atoms. The molecule has 0 saturated carbocycles. The third-order valence-electron chi connectivity index (χ3n) is 5.96. The second-order valence-corrected chi connectivity index (χ2v) is 7.67. The minimum absolute atomic E-state index is 0.0283. The van der Waals surface area contributed by atoms with E-state index in [-0.39, 0.29) is 5.41 Å². The summed E-state index contributed by atoms with van der Waals surface area (Å²) in [5.74, 6) is 2.45. The topological polar surface area (TPSA) is 64.1 Å². The number of hydrogen-bond acceptors (Lipinski definition) is 4. The van der Waals surface area contributed by atoms with E-state index in [1.807, 2.05) is 13.1 Å². The van der Waals surface area contributed by atoms with Gasteiger partial charge in [-0.25, -0.2) is 0 Å². The third kappa shape index (κ3) is 4.32. The van der Waals surface area contributed by atoms with Crippen LogP contribution in [0, 0.1) is 6.92 Å². The van der Waals surface area contributed by atoms with Gasteiger partial charge in [-0.3, -0.25) is 4.99 Å². The maximum absolute atomic E-state index is 5.66. The highest BCUT2D eigenvalue weighted by atomic mass is 16.7. The molecule has 0 amide bonds. The van der Waals surface area contributed by atoms with Gasteiger partial charge in [0.1, 0.15) is 0 Å². The number of nitrogens with zero attached hydrogens (tertiary/aromatic N) is 1. The summed E-state index contributed by atoms with van der Waals surface area (Å²) in [6.45, 7) is 5.46. The number of aliphatic imine (C=N–C) groups is 1. The van der Waals surface area contributed by atoms with Gasteiger partial charge in [0.25, 0.3) is 0 Å². The van der Waals surface area contributed by atoms with E-state index in [9.17, 15) is 0 Å². The normalized spacial score (nSPS) is 17.8. The Balaban J connectivity index is 1.46. The molecule has 0 atom stereocenters. The van der Waals surface area contributed by atoms with Crippen LogP contribution in [-0.2, 0) is 16.7 Å². The number of guanidine groups is 1. The van der Waals surface area contributed by atoms with Crippen LogP contribution in [0.15, 0.2) is 47.5 Å². The lowest BCUT2D eigenvalue weighted by molar-refractivity contribution is 0.0513. The first-order valence-corrected chi connectivity index (χ1v) is 10.2. The molecule has 0 unspecified atom stereocenters. The van der Waals surface area contributed by atoms with Gasteiger partial charge in [-0.15, -0.1) is 0 Å². The van der Waals surface area contributed by atoms with E-state index < -0.39 is 0 Å². The van der Waals surface area contributed by atoms with Gasteiger partial charge in [0, 0.05) is 38.8 Å². The van der Waals surface area contributed by atoms with Crippen molar-refractivity contribution in [2.75, 3.05) is 33.6 Å². The van der Waals surface area contributed by atoms with E-state index in [1.54, 1.807) is 0 Å². The molecule has 29 heavy (non-hydrogen) atoms. The average Bonchev–Trinajstić information content (AvgIpc) is 3.23. The van der Waals surface area contributed by atoms with E-state index >= 15 is 0 Å². The molecule has 2 heterocycles. The van der Waals surface area contributed by atoms with Gasteiger partial charge in [-0.2, -0.15) is 0 Å². The summed E-state index contributed by atoms with van der Waals surface area (Å²) >= 11 is 0. The predicted octanol–water partition coefficient (Wildman–Crippen LogP) is 3.14. The molecule has 2 aromatic carbocycles. The summed E-state index contributed by atoms with van der Waals surface area (Å²) in [4.78, 5) is 4.42. The van der Waals surface area contributed by atoms with Gasteiger partial charge >= 0.3 is 0 Å². The fraction of sp³-hybridized carbons (Fsp3) is 0.435. The molecule has 2 aliphatic rings. The second kappa shape index (κ2) is 8.74. The summed E-state index contributed by atoms with van der Waals surface area (Å²) < 4.78 is 16.8. The highest BCUT2D eigenvalue weighted by Gasteiger charge is 2.35. The lowest BCUT2D eigenvalue weighted by atomic mass is 9.74. The Hall–Kier alpha value is -2.73. The zero-order valence-corrected chi connectivity index (χ0v) is 17.2. The van der Waals surface area contributed by atoms with Gasteiger partial charge in [-0.1, -0.05) is 30.3 Å². The fourth-order valence-electron chi connectivity index (χ4n) is 4.02. The van der Waals surface area contributed by atoms with Crippen LogP contribution in [0.4, 0.5) is 0 Å². The molecule has 154 valence electrons. The van der Waals surface area contributed by atoms with Crippen LogP contribution < -0.4 is 20.1 Å². The maximum Gasteiger partial charge on any atom is 0.231 e. The first kappa shape index (κ1) is 19.6. The number of benzene rings is 2. The van der Waals surface area contributed by atoms with Gasteiger partial charge in [0.05, 0.1) is 0 Å². The maximum atomic E-state index is 5.66. The average molecular weight is 396 g/mol. The number of ether oxygens (including phenoxy) is 3. The van der Waals surface area contributed by atoms with Crippen molar-refractivity contribution < 1.29 is 14.2 Å². The van der Waals surface area contributed by atoms with Crippen molar-refractivity contribution in [3.63, 3.8) is 0 Å². The van der Waals surface area contributed by atoms with Crippen LogP contribution in [-0.4, -0.2) is 39.6 Å². The van der Waals surface area contributed by atoms with Gasteiger partial charge in [0.2, 0.25) is 6.79 Å². The first-order chi connectivity index (χ1) is 14.2. The van der Waals surface area contributed by atoms with Crippen LogP contribution >= 0.6 is 0 Å². The van der Waals surface area contributed by atoms with Crippen molar-refractivity contribution in [2.24, 2.45) is 4.99 Å². The monoisotopic (exact) mass is 395 g/mol. The second-order valence-electron chi connectivity index (χ2n) is 7.67. The standard InChI is InChI=1S/C23H29N3O3/c1-17-5-3-4-6-18(17)14-25-22(24-2)26-15-23(9-11-27-12-10-23)19-7-8-20-21(13-19)29-16-28-20/h3-8,13H,9-12,14-16H2,1-2H3,(H2,24,25,26). The number of fused-ring (bicyclic) bond motifs is 1. The van der Waals surface area contributed by atoms with E-state index in [4.69, 9.17) is 14.2 Å². The smallest absolute Gasteiger partial charge is 0.231 e. The number of nitrogens with one attached hydrogen (secondary N) is 2. The molecule has 1 fully saturated rings. The molecule has 0 radical (unpaired) electrons. The Bertz CT molecular complexity index is 875. The molecule has 0 aliphatic carbocycles. The minimum Gasteiger partial charge on any atom is -0.454 e. The summed E-state index contributed by atoms with van der Waals surface area (Å²) in [5, 5.41) is 6.99. The Morgan fingerprint density at radius 2 is 1.83 bits per heavy atom. The van der Waals surface area contributed by atoms with Crippen LogP contribution in [0.2, 0.25) is 0 Å². The van der Waals surface area contributed by atoms with E-state index in [1.165, 1.54) is 16.7 Å². The van der Waals surface area contributed by atoms with Crippen molar-refractivity contribution in [1.82, 2.24) is 10.6 Å². The van der Waals surface area contributed by atoms with E-state index in [0.29, 0.717) is 6.79 Å². The quantitative estimate of drug-likeness (QED) is 0.602. The van der Waals surface area contributed by atoms with E-state index in [0.717, 1.165) is 56.6 Å². The Morgan fingerprint density at radius 1 is 1.03 bits per heavy atom. The zero-order valence-electron chi connectivity index (χ0n) is 17.2. The zero-order chi connectivity index (χ0) is 20.1. The summed E-state index contributed by atoms with van der Waals surface area (Å²) in [6.07, 6.45) is 1.91. The SMILES string of the molecule is CN=C(NCc1ccccc1C)NCC1(c2ccc3c(c2)OCO3)CCOCC1. The van der Waals surface area contributed by atoms with Crippen LogP contribution in [0.5, 0.6) is 11.5 Å².